The summed E-state index contributed by atoms with van der Waals surface area (Å²) >= 11 is 0. The van der Waals surface area contributed by atoms with E-state index < -0.39 is 0 Å². The van der Waals surface area contributed by atoms with Crippen LogP contribution in [0, 0.1) is 6.92 Å². The lowest BCUT2D eigenvalue weighted by molar-refractivity contribution is -0.121. The van der Waals surface area contributed by atoms with Crippen molar-refractivity contribution in [3.63, 3.8) is 0 Å². The lowest BCUT2D eigenvalue weighted by Gasteiger charge is -2.05. The van der Waals surface area contributed by atoms with Crippen LogP contribution in [0.4, 0.5) is 0 Å². The van der Waals surface area contributed by atoms with E-state index in [2.05, 4.69) is 41.8 Å². The van der Waals surface area contributed by atoms with E-state index in [1.54, 1.807) is 0 Å². The van der Waals surface area contributed by atoms with Crippen LogP contribution in [-0.2, 0) is 11.2 Å². The van der Waals surface area contributed by atoms with E-state index in [0.717, 1.165) is 25.9 Å². The van der Waals surface area contributed by atoms with Crippen LogP contribution in [0.25, 0.3) is 0 Å². The number of amides is 1. The van der Waals surface area contributed by atoms with Crippen molar-refractivity contribution in [2.75, 3.05) is 20.1 Å². The van der Waals surface area contributed by atoms with Crippen LogP contribution in [0.15, 0.2) is 24.3 Å². The molecule has 94 valence electrons. The van der Waals surface area contributed by atoms with Gasteiger partial charge in [-0.2, -0.15) is 0 Å². The standard InChI is InChI=1S/C14H22N2O/c1-12-4-6-13(7-5-12)8-9-14(17)16-11-3-10-15-2/h4-7,15H,3,8-11H2,1-2H3,(H,16,17). The second kappa shape index (κ2) is 7.85. The molecule has 0 atom stereocenters. The smallest absolute Gasteiger partial charge is 0.220 e. The largest absolute Gasteiger partial charge is 0.356 e. The predicted molar refractivity (Wildman–Crippen MR) is 71.1 cm³/mol. The molecule has 3 nitrogen and oxygen atoms in total. The molecule has 2 N–H and O–H groups in total. The molecule has 0 spiro atoms. The number of hydrogen-bond acceptors (Lipinski definition) is 2. The summed E-state index contributed by atoms with van der Waals surface area (Å²) in [4.78, 5) is 11.5. The van der Waals surface area contributed by atoms with Crippen LogP contribution in [-0.4, -0.2) is 26.0 Å². The quantitative estimate of drug-likeness (QED) is 0.704. The lowest BCUT2D eigenvalue weighted by atomic mass is 10.1. The molecule has 0 aromatic heterocycles. The molecule has 0 radical (unpaired) electrons. The summed E-state index contributed by atoms with van der Waals surface area (Å²) in [6.07, 6.45) is 2.37. The van der Waals surface area contributed by atoms with Gasteiger partial charge in [0.1, 0.15) is 0 Å². The van der Waals surface area contributed by atoms with E-state index in [1.807, 2.05) is 7.05 Å². The fourth-order valence-corrected chi connectivity index (χ4v) is 1.59. The molecular formula is C14H22N2O. The SMILES string of the molecule is CNCCCNC(=O)CCc1ccc(C)cc1. The summed E-state index contributed by atoms with van der Waals surface area (Å²) in [5, 5.41) is 5.97. The molecule has 0 fully saturated rings. The van der Waals surface area contributed by atoms with Gasteiger partial charge < -0.3 is 10.6 Å². The van der Waals surface area contributed by atoms with Crippen LogP contribution < -0.4 is 10.6 Å². The Hall–Kier alpha value is -1.35. The minimum Gasteiger partial charge on any atom is -0.356 e. The summed E-state index contributed by atoms with van der Waals surface area (Å²) in [6.45, 7) is 3.77. The highest BCUT2D eigenvalue weighted by atomic mass is 16.1. The fourth-order valence-electron chi connectivity index (χ4n) is 1.59. The van der Waals surface area contributed by atoms with Crippen molar-refractivity contribution < 1.29 is 4.79 Å². The van der Waals surface area contributed by atoms with E-state index in [1.165, 1.54) is 11.1 Å². The van der Waals surface area contributed by atoms with Gasteiger partial charge in [0.15, 0.2) is 0 Å². The normalized spacial score (nSPS) is 10.2. The second-order valence-corrected chi connectivity index (χ2v) is 4.29. The van der Waals surface area contributed by atoms with Crippen molar-refractivity contribution in [3.05, 3.63) is 35.4 Å². The minimum atomic E-state index is 0.140. The number of carbonyl (C=O) groups excluding carboxylic acids is 1. The van der Waals surface area contributed by atoms with Crippen molar-refractivity contribution in [2.24, 2.45) is 0 Å². The predicted octanol–water partition coefficient (Wildman–Crippen LogP) is 1.65. The molecule has 0 aliphatic heterocycles. The van der Waals surface area contributed by atoms with Crippen LogP contribution in [0.2, 0.25) is 0 Å². The zero-order valence-corrected chi connectivity index (χ0v) is 10.8. The van der Waals surface area contributed by atoms with E-state index in [4.69, 9.17) is 0 Å². The highest BCUT2D eigenvalue weighted by Crippen LogP contribution is 2.05. The molecule has 17 heavy (non-hydrogen) atoms. The summed E-state index contributed by atoms with van der Waals surface area (Å²) in [5.74, 6) is 0.140. The van der Waals surface area contributed by atoms with Crippen LogP contribution in [0.5, 0.6) is 0 Å². The Morgan fingerprint density at radius 1 is 1.18 bits per heavy atom. The molecule has 1 aromatic carbocycles. The Labute approximate surface area is 104 Å². The van der Waals surface area contributed by atoms with Gasteiger partial charge in [0.2, 0.25) is 5.91 Å². The topological polar surface area (TPSA) is 41.1 Å². The third-order valence-electron chi connectivity index (χ3n) is 2.69. The third kappa shape index (κ3) is 6.07. The van der Waals surface area contributed by atoms with Crippen molar-refractivity contribution in [3.8, 4) is 0 Å². The number of hydrogen-bond donors (Lipinski definition) is 2. The first-order valence-corrected chi connectivity index (χ1v) is 6.19. The summed E-state index contributed by atoms with van der Waals surface area (Å²) < 4.78 is 0. The molecule has 3 heteroatoms. The average molecular weight is 234 g/mol. The molecule has 1 aromatic rings. The number of nitrogens with one attached hydrogen (secondary N) is 2. The van der Waals surface area contributed by atoms with Gasteiger partial charge in [0, 0.05) is 13.0 Å². The first-order valence-electron chi connectivity index (χ1n) is 6.19. The first-order chi connectivity index (χ1) is 8.22. The molecule has 0 aliphatic rings. The van der Waals surface area contributed by atoms with E-state index in [9.17, 15) is 4.79 Å². The molecule has 1 rings (SSSR count). The first kappa shape index (κ1) is 13.7. The summed E-state index contributed by atoms with van der Waals surface area (Å²) in [5.41, 5.74) is 2.48. The molecule has 0 bridgehead atoms. The Morgan fingerprint density at radius 2 is 1.88 bits per heavy atom. The van der Waals surface area contributed by atoms with Gasteiger partial charge >= 0.3 is 0 Å². The van der Waals surface area contributed by atoms with Crippen molar-refractivity contribution >= 4 is 5.91 Å². The van der Waals surface area contributed by atoms with Crippen molar-refractivity contribution in [1.29, 1.82) is 0 Å². The van der Waals surface area contributed by atoms with Gasteiger partial charge in [-0.15, -0.1) is 0 Å². The monoisotopic (exact) mass is 234 g/mol. The second-order valence-electron chi connectivity index (χ2n) is 4.29. The maximum Gasteiger partial charge on any atom is 0.220 e. The van der Waals surface area contributed by atoms with Crippen LogP contribution in [0.3, 0.4) is 0 Å². The lowest BCUT2D eigenvalue weighted by Crippen LogP contribution is -2.26. The van der Waals surface area contributed by atoms with E-state index in [-0.39, 0.29) is 5.91 Å². The number of carbonyl (C=O) groups is 1. The maximum absolute atomic E-state index is 11.5. The number of aryl methyl sites for hydroxylation is 2. The fraction of sp³-hybridized carbons (Fsp3) is 0.500. The minimum absolute atomic E-state index is 0.140. The van der Waals surface area contributed by atoms with Crippen LogP contribution in [0.1, 0.15) is 24.0 Å². The summed E-state index contributed by atoms with van der Waals surface area (Å²) in [6, 6.07) is 8.34. The van der Waals surface area contributed by atoms with Gasteiger partial charge in [0.25, 0.3) is 0 Å². The Morgan fingerprint density at radius 3 is 2.53 bits per heavy atom. The Bertz CT molecular complexity index is 333. The molecular weight excluding hydrogens is 212 g/mol. The summed E-state index contributed by atoms with van der Waals surface area (Å²) in [7, 11) is 1.92. The number of benzene rings is 1. The van der Waals surface area contributed by atoms with Crippen molar-refractivity contribution in [1.82, 2.24) is 10.6 Å². The average Bonchev–Trinajstić information content (AvgIpc) is 2.34. The van der Waals surface area contributed by atoms with Gasteiger partial charge in [-0.25, -0.2) is 0 Å². The van der Waals surface area contributed by atoms with Crippen molar-refractivity contribution in [2.45, 2.75) is 26.2 Å². The van der Waals surface area contributed by atoms with E-state index in [0.29, 0.717) is 6.42 Å². The van der Waals surface area contributed by atoms with Gasteiger partial charge in [0.05, 0.1) is 0 Å². The Kier molecular flexibility index (Phi) is 6.33. The van der Waals surface area contributed by atoms with E-state index >= 15 is 0 Å². The van der Waals surface area contributed by atoms with Gasteiger partial charge in [-0.1, -0.05) is 29.8 Å². The third-order valence-corrected chi connectivity index (χ3v) is 2.69. The maximum atomic E-state index is 11.5. The molecule has 0 aliphatic carbocycles. The zero-order chi connectivity index (χ0) is 12.5. The number of rotatable bonds is 7. The molecule has 1 amide bonds. The highest BCUT2D eigenvalue weighted by Gasteiger charge is 2.01. The molecule has 0 saturated heterocycles. The zero-order valence-electron chi connectivity index (χ0n) is 10.8. The highest BCUT2D eigenvalue weighted by molar-refractivity contribution is 5.76. The Balaban J connectivity index is 2.17. The van der Waals surface area contributed by atoms with Gasteiger partial charge in [-0.3, -0.25) is 4.79 Å². The molecule has 0 unspecified atom stereocenters. The molecule has 0 heterocycles. The van der Waals surface area contributed by atoms with Crippen LogP contribution >= 0.6 is 0 Å². The molecule has 0 saturated carbocycles. The van der Waals surface area contributed by atoms with Gasteiger partial charge in [-0.05, 0) is 38.9 Å².